The molecule has 0 amide bonds. The summed E-state index contributed by atoms with van der Waals surface area (Å²) in [6, 6.07) is 7.94. The average Bonchev–Trinajstić information content (AvgIpc) is 2.24. The first-order valence-corrected chi connectivity index (χ1v) is 5.24. The van der Waals surface area contributed by atoms with Gasteiger partial charge >= 0.3 is 0 Å². The summed E-state index contributed by atoms with van der Waals surface area (Å²) in [6.45, 7) is 3.39. The normalized spacial score (nSPS) is 12.5. The van der Waals surface area contributed by atoms with Crippen molar-refractivity contribution in [2.45, 2.75) is 26.0 Å². The van der Waals surface area contributed by atoms with Crippen LogP contribution in [0.25, 0.3) is 0 Å². The average molecular weight is 209 g/mol. The molecule has 0 aliphatic heterocycles. The topological polar surface area (TPSA) is 41.5 Å². The Hall–Kier alpha value is -1.06. The molecule has 0 saturated carbocycles. The van der Waals surface area contributed by atoms with Gasteiger partial charge in [0.25, 0.3) is 0 Å². The van der Waals surface area contributed by atoms with Crippen molar-refractivity contribution in [2.24, 2.45) is 0 Å². The first kappa shape index (κ1) is 12.0. The summed E-state index contributed by atoms with van der Waals surface area (Å²) in [5.41, 5.74) is 1.14. The number of rotatable bonds is 6. The predicted octanol–water partition coefficient (Wildman–Crippen LogP) is 1.56. The Bertz CT molecular complexity index is 287. The Morgan fingerprint density at radius 3 is 2.80 bits per heavy atom. The lowest BCUT2D eigenvalue weighted by Crippen LogP contribution is -2.18. The molecule has 0 aromatic heterocycles. The van der Waals surface area contributed by atoms with Crippen molar-refractivity contribution >= 4 is 0 Å². The van der Waals surface area contributed by atoms with E-state index in [1.165, 1.54) is 0 Å². The van der Waals surface area contributed by atoms with Crippen LogP contribution in [0.5, 0.6) is 5.75 Å². The summed E-state index contributed by atoms with van der Waals surface area (Å²) < 4.78 is 5.23. The third-order valence-corrected chi connectivity index (χ3v) is 2.25. The molecule has 0 aliphatic rings. The van der Waals surface area contributed by atoms with Crippen LogP contribution in [0.1, 0.15) is 18.9 Å². The van der Waals surface area contributed by atoms with Gasteiger partial charge in [-0.25, -0.2) is 0 Å². The van der Waals surface area contributed by atoms with E-state index in [1.54, 1.807) is 14.0 Å². The van der Waals surface area contributed by atoms with Crippen LogP contribution in [0, 0.1) is 0 Å². The van der Waals surface area contributed by atoms with E-state index in [2.05, 4.69) is 5.32 Å². The Kier molecular flexibility index (Phi) is 5.15. The van der Waals surface area contributed by atoms with Crippen molar-refractivity contribution < 1.29 is 9.84 Å². The fourth-order valence-electron chi connectivity index (χ4n) is 1.38. The fraction of sp³-hybridized carbons (Fsp3) is 0.500. The molecular weight excluding hydrogens is 190 g/mol. The van der Waals surface area contributed by atoms with Crippen molar-refractivity contribution in [1.82, 2.24) is 5.32 Å². The highest BCUT2D eigenvalue weighted by atomic mass is 16.5. The maximum absolute atomic E-state index is 9.09. The smallest absolute Gasteiger partial charge is 0.123 e. The van der Waals surface area contributed by atoms with Crippen molar-refractivity contribution in [3.63, 3.8) is 0 Å². The number of benzene rings is 1. The SMILES string of the molecule is COc1ccccc1CNCC[C@@H](C)O. The lowest BCUT2D eigenvalue weighted by molar-refractivity contribution is 0.183. The van der Waals surface area contributed by atoms with E-state index in [1.807, 2.05) is 24.3 Å². The second-order valence-corrected chi connectivity index (χ2v) is 3.63. The van der Waals surface area contributed by atoms with Crippen LogP contribution < -0.4 is 10.1 Å². The van der Waals surface area contributed by atoms with Gasteiger partial charge in [0.2, 0.25) is 0 Å². The lowest BCUT2D eigenvalue weighted by Gasteiger charge is -2.09. The minimum atomic E-state index is -0.241. The third kappa shape index (κ3) is 4.32. The molecule has 1 atom stereocenters. The van der Waals surface area contributed by atoms with E-state index >= 15 is 0 Å². The third-order valence-electron chi connectivity index (χ3n) is 2.25. The van der Waals surface area contributed by atoms with Gasteiger partial charge < -0.3 is 15.2 Å². The summed E-state index contributed by atoms with van der Waals surface area (Å²) in [7, 11) is 1.68. The quantitative estimate of drug-likeness (QED) is 0.699. The molecule has 0 aliphatic carbocycles. The van der Waals surface area contributed by atoms with Gasteiger partial charge in [0.1, 0.15) is 5.75 Å². The maximum atomic E-state index is 9.09. The maximum Gasteiger partial charge on any atom is 0.123 e. The number of ether oxygens (including phenoxy) is 1. The Labute approximate surface area is 91.1 Å². The molecule has 15 heavy (non-hydrogen) atoms. The van der Waals surface area contributed by atoms with Gasteiger partial charge in [-0.1, -0.05) is 18.2 Å². The van der Waals surface area contributed by atoms with Crippen LogP contribution >= 0.6 is 0 Å². The fourth-order valence-corrected chi connectivity index (χ4v) is 1.38. The predicted molar refractivity (Wildman–Crippen MR) is 61.0 cm³/mol. The van der Waals surface area contributed by atoms with Crippen LogP contribution in [0.15, 0.2) is 24.3 Å². The van der Waals surface area contributed by atoms with Crippen molar-refractivity contribution in [1.29, 1.82) is 0 Å². The second kappa shape index (κ2) is 6.43. The number of hydrogen-bond acceptors (Lipinski definition) is 3. The summed E-state index contributed by atoms with van der Waals surface area (Å²) in [5, 5.41) is 12.4. The monoisotopic (exact) mass is 209 g/mol. The molecule has 1 aromatic carbocycles. The van der Waals surface area contributed by atoms with E-state index in [4.69, 9.17) is 9.84 Å². The number of hydrogen-bond donors (Lipinski definition) is 2. The van der Waals surface area contributed by atoms with E-state index in [0.29, 0.717) is 0 Å². The Morgan fingerprint density at radius 2 is 2.13 bits per heavy atom. The van der Waals surface area contributed by atoms with Crippen LogP contribution in [-0.2, 0) is 6.54 Å². The molecule has 84 valence electrons. The van der Waals surface area contributed by atoms with E-state index in [-0.39, 0.29) is 6.10 Å². The van der Waals surface area contributed by atoms with Crippen LogP contribution in [-0.4, -0.2) is 24.9 Å². The van der Waals surface area contributed by atoms with Crippen molar-refractivity contribution in [2.75, 3.05) is 13.7 Å². The molecule has 2 N–H and O–H groups in total. The number of methoxy groups -OCH3 is 1. The molecule has 3 nitrogen and oxygen atoms in total. The number of nitrogens with one attached hydrogen (secondary N) is 1. The molecule has 1 aromatic rings. The Morgan fingerprint density at radius 1 is 1.40 bits per heavy atom. The molecule has 0 fully saturated rings. The summed E-state index contributed by atoms with van der Waals surface area (Å²) in [5.74, 6) is 0.905. The number of aliphatic hydroxyl groups is 1. The molecule has 1 rings (SSSR count). The minimum absolute atomic E-state index is 0.241. The molecule has 0 heterocycles. The van der Waals surface area contributed by atoms with Crippen LogP contribution in [0.2, 0.25) is 0 Å². The van der Waals surface area contributed by atoms with Gasteiger partial charge in [-0.3, -0.25) is 0 Å². The highest BCUT2D eigenvalue weighted by molar-refractivity contribution is 5.32. The Balaban J connectivity index is 2.36. The zero-order valence-electron chi connectivity index (χ0n) is 9.36. The minimum Gasteiger partial charge on any atom is -0.496 e. The highest BCUT2D eigenvalue weighted by Crippen LogP contribution is 2.16. The summed E-state index contributed by atoms with van der Waals surface area (Å²) >= 11 is 0. The zero-order chi connectivity index (χ0) is 11.1. The molecular formula is C12H19NO2. The van der Waals surface area contributed by atoms with Gasteiger partial charge in [0, 0.05) is 12.1 Å². The van der Waals surface area contributed by atoms with Gasteiger partial charge in [-0.2, -0.15) is 0 Å². The first-order chi connectivity index (χ1) is 7.24. The molecule has 0 unspecified atom stereocenters. The largest absolute Gasteiger partial charge is 0.496 e. The van der Waals surface area contributed by atoms with Gasteiger partial charge in [0.05, 0.1) is 13.2 Å². The van der Waals surface area contributed by atoms with E-state index < -0.39 is 0 Å². The molecule has 3 heteroatoms. The van der Waals surface area contributed by atoms with Crippen molar-refractivity contribution in [3.8, 4) is 5.75 Å². The van der Waals surface area contributed by atoms with Crippen molar-refractivity contribution in [3.05, 3.63) is 29.8 Å². The van der Waals surface area contributed by atoms with E-state index in [9.17, 15) is 0 Å². The number of aliphatic hydroxyl groups excluding tert-OH is 1. The lowest BCUT2D eigenvalue weighted by atomic mass is 10.2. The summed E-state index contributed by atoms with van der Waals surface area (Å²) in [4.78, 5) is 0. The second-order valence-electron chi connectivity index (χ2n) is 3.63. The molecule has 0 radical (unpaired) electrons. The molecule has 0 bridgehead atoms. The first-order valence-electron chi connectivity index (χ1n) is 5.24. The summed E-state index contributed by atoms with van der Waals surface area (Å²) in [6.07, 6.45) is 0.532. The number of para-hydroxylation sites is 1. The van der Waals surface area contributed by atoms with E-state index in [0.717, 1.165) is 30.8 Å². The standard InChI is InChI=1S/C12H19NO2/c1-10(14)7-8-13-9-11-5-3-4-6-12(11)15-2/h3-6,10,13-14H,7-9H2,1-2H3/t10-/m1/s1. The van der Waals surface area contributed by atoms with Gasteiger partial charge in [0.15, 0.2) is 0 Å². The molecule has 0 spiro atoms. The van der Waals surface area contributed by atoms with Crippen LogP contribution in [0.4, 0.5) is 0 Å². The van der Waals surface area contributed by atoms with Gasteiger partial charge in [-0.15, -0.1) is 0 Å². The van der Waals surface area contributed by atoms with Gasteiger partial charge in [-0.05, 0) is 26.0 Å². The zero-order valence-corrected chi connectivity index (χ0v) is 9.36. The van der Waals surface area contributed by atoms with Crippen LogP contribution in [0.3, 0.4) is 0 Å². The molecule has 0 saturated heterocycles. The highest BCUT2D eigenvalue weighted by Gasteiger charge is 2.00.